The third kappa shape index (κ3) is 3.35. The maximum absolute atomic E-state index is 11.3. The van der Waals surface area contributed by atoms with Crippen LogP contribution in [0.2, 0.25) is 0 Å². The molecular formula is C20H18O6. The van der Waals surface area contributed by atoms with Gasteiger partial charge in [0.15, 0.2) is 22.8 Å². The number of methoxy groups -OCH3 is 3. The molecule has 0 aliphatic rings. The van der Waals surface area contributed by atoms with Crippen LogP contribution >= 0.6 is 0 Å². The van der Waals surface area contributed by atoms with Gasteiger partial charge in [0.25, 0.3) is 0 Å². The number of benzene rings is 2. The molecule has 3 rings (SSSR count). The van der Waals surface area contributed by atoms with Crippen LogP contribution < -0.4 is 9.47 Å². The molecule has 0 aliphatic carbocycles. The lowest BCUT2D eigenvalue weighted by Crippen LogP contribution is -1.93. The Morgan fingerprint density at radius 2 is 1.81 bits per heavy atom. The van der Waals surface area contributed by atoms with Crippen LogP contribution in [0.4, 0.5) is 0 Å². The Balaban J connectivity index is 2.07. The zero-order valence-electron chi connectivity index (χ0n) is 14.6. The fraction of sp³-hybridized carbons (Fsp3) is 0.150. The monoisotopic (exact) mass is 354 g/mol. The van der Waals surface area contributed by atoms with E-state index in [-0.39, 0.29) is 5.75 Å². The second-order valence-electron chi connectivity index (χ2n) is 5.50. The minimum absolute atomic E-state index is 0.0557. The summed E-state index contributed by atoms with van der Waals surface area (Å²) in [5, 5.41) is 10.6. The van der Waals surface area contributed by atoms with Crippen molar-refractivity contribution in [2.24, 2.45) is 0 Å². The van der Waals surface area contributed by atoms with E-state index in [1.54, 1.807) is 37.5 Å². The Labute approximate surface area is 150 Å². The molecule has 0 spiro atoms. The number of rotatable bonds is 5. The van der Waals surface area contributed by atoms with E-state index in [0.29, 0.717) is 22.8 Å². The summed E-state index contributed by atoms with van der Waals surface area (Å²) in [6, 6.07) is 10.5. The zero-order chi connectivity index (χ0) is 18.7. The molecular weight excluding hydrogens is 336 g/mol. The number of aromatic hydroxyl groups is 1. The molecule has 1 N–H and O–H groups in total. The molecule has 0 saturated carbocycles. The van der Waals surface area contributed by atoms with Crippen molar-refractivity contribution in [3.05, 3.63) is 48.0 Å². The molecule has 6 heteroatoms. The number of ether oxygens (including phenoxy) is 3. The number of furan rings is 1. The fourth-order valence-electron chi connectivity index (χ4n) is 2.60. The first kappa shape index (κ1) is 17.4. The molecule has 0 amide bonds. The van der Waals surface area contributed by atoms with Gasteiger partial charge < -0.3 is 23.7 Å². The van der Waals surface area contributed by atoms with Crippen LogP contribution in [-0.4, -0.2) is 32.4 Å². The van der Waals surface area contributed by atoms with Gasteiger partial charge in [-0.05, 0) is 48.0 Å². The largest absolute Gasteiger partial charge is 0.504 e. The summed E-state index contributed by atoms with van der Waals surface area (Å²) in [5.74, 6) is 1.12. The fourth-order valence-corrected chi connectivity index (χ4v) is 2.60. The molecule has 2 aromatic carbocycles. The number of esters is 1. The first-order valence-corrected chi connectivity index (χ1v) is 7.80. The number of carbonyl (C=O) groups is 1. The maximum atomic E-state index is 11.3. The van der Waals surface area contributed by atoms with Crippen molar-refractivity contribution >= 4 is 23.0 Å². The molecule has 0 radical (unpaired) electrons. The van der Waals surface area contributed by atoms with Gasteiger partial charge in [-0.2, -0.15) is 0 Å². The average Bonchev–Trinajstić information content (AvgIpc) is 3.09. The summed E-state index contributed by atoms with van der Waals surface area (Å²) >= 11 is 0. The Morgan fingerprint density at radius 1 is 1.04 bits per heavy atom. The molecule has 1 heterocycles. The van der Waals surface area contributed by atoms with Gasteiger partial charge in [0.05, 0.1) is 21.3 Å². The van der Waals surface area contributed by atoms with E-state index in [9.17, 15) is 9.90 Å². The molecule has 134 valence electrons. The lowest BCUT2D eigenvalue weighted by Gasteiger charge is -2.04. The zero-order valence-corrected chi connectivity index (χ0v) is 14.6. The van der Waals surface area contributed by atoms with Crippen LogP contribution in [-0.2, 0) is 9.53 Å². The standard InChI is InChI=1S/C20H18O6/c1-23-17-10-13(5-6-15(17)21)16-11-14-8-12(4-7-19(22)25-3)9-18(24-2)20(14)26-16/h4-11,21H,1-3H3/b7-4+. The minimum atomic E-state index is -0.437. The highest BCUT2D eigenvalue weighted by atomic mass is 16.5. The SMILES string of the molecule is COC(=O)/C=C/c1cc(OC)c2oc(-c3ccc(O)c(OC)c3)cc2c1. The van der Waals surface area contributed by atoms with Gasteiger partial charge in [-0.25, -0.2) is 4.79 Å². The van der Waals surface area contributed by atoms with Gasteiger partial charge in [-0.1, -0.05) is 0 Å². The molecule has 0 atom stereocenters. The van der Waals surface area contributed by atoms with Crippen molar-refractivity contribution in [2.45, 2.75) is 0 Å². The number of hydrogen-bond acceptors (Lipinski definition) is 6. The minimum Gasteiger partial charge on any atom is -0.504 e. The molecule has 26 heavy (non-hydrogen) atoms. The predicted molar refractivity (Wildman–Crippen MR) is 97.5 cm³/mol. The summed E-state index contributed by atoms with van der Waals surface area (Å²) in [4.78, 5) is 11.3. The van der Waals surface area contributed by atoms with Gasteiger partial charge in [-0.15, -0.1) is 0 Å². The molecule has 0 fully saturated rings. The van der Waals surface area contributed by atoms with Crippen LogP contribution in [0.1, 0.15) is 5.56 Å². The van der Waals surface area contributed by atoms with Crippen LogP contribution in [0, 0.1) is 0 Å². The van der Waals surface area contributed by atoms with Crippen molar-refractivity contribution < 1.29 is 28.5 Å². The summed E-state index contributed by atoms with van der Waals surface area (Å²) in [6.45, 7) is 0. The second-order valence-corrected chi connectivity index (χ2v) is 5.50. The number of phenolic OH excluding ortho intramolecular Hbond substituents is 1. The van der Waals surface area contributed by atoms with Gasteiger partial charge in [0, 0.05) is 17.0 Å². The highest BCUT2D eigenvalue weighted by Gasteiger charge is 2.13. The van der Waals surface area contributed by atoms with E-state index in [4.69, 9.17) is 13.9 Å². The molecule has 3 aromatic rings. The lowest BCUT2D eigenvalue weighted by molar-refractivity contribution is -0.134. The van der Waals surface area contributed by atoms with Crippen LogP contribution in [0.3, 0.4) is 0 Å². The molecule has 0 aliphatic heterocycles. The maximum Gasteiger partial charge on any atom is 0.330 e. The normalized spacial score (nSPS) is 11.0. The first-order chi connectivity index (χ1) is 12.5. The van der Waals surface area contributed by atoms with Crippen LogP contribution in [0.25, 0.3) is 28.4 Å². The quantitative estimate of drug-likeness (QED) is 0.551. The number of hydrogen-bond donors (Lipinski definition) is 1. The average molecular weight is 354 g/mol. The first-order valence-electron chi connectivity index (χ1n) is 7.80. The molecule has 1 aromatic heterocycles. The third-order valence-electron chi connectivity index (χ3n) is 3.90. The van der Waals surface area contributed by atoms with Crippen molar-refractivity contribution in [3.8, 4) is 28.6 Å². The van der Waals surface area contributed by atoms with Crippen molar-refractivity contribution in [3.63, 3.8) is 0 Å². The second kappa shape index (κ2) is 7.23. The summed E-state index contributed by atoms with van der Waals surface area (Å²) < 4.78 is 21.1. The summed E-state index contributed by atoms with van der Waals surface area (Å²) in [6.07, 6.45) is 2.98. The van der Waals surface area contributed by atoms with E-state index in [1.807, 2.05) is 12.1 Å². The van der Waals surface area contributed by atoms with Gasteiger partial charge in [0.1, 0.15) is 5.76 Å². The van der Waals surface area contributed by atoms with Crippen molar-refractivity contribution in [1.29, 1.82) is 0 Å². The highest BCUT2D eigenvalue weighted by molar-refractivity contribution is 5.92. The number of carbonyl (C=O) groups excluding carboxylic acids is 1. The third-order valence-corrected chi connectivity index (χ3v) is 3.90. The van der Waals surface area contributed by atoms with Crippen LogP contribution in [0.15, 0.2) is 46.9 Å². The van der Waals surface area contributed by atoms with E-state index in [2.05, 4.69) is 4.74 Å². The summed E-state index contributed by atoms with van der Waals surface area (Å²) in [7, 11) is 4.36. The Bertz CT molecular complexity index is 983. The van der Waals surface area contributed by atoms with E-state index in [0.717, 1.165) is 16.5 Å². The van der Waals surface area contributed by atoms with Gasteiger partial charge in [-0.3, -0.25) is 0 Å². The Morgan fingerprint density at radius 3 is 2.50 bits per heavy atom. The van der Waals surface area contributed by atoms with Gasteiger partial charge >= 0.3 is 5.97 Å². The highest BCUT2D eigenvalue weighted by Crippen LogP contribution is 2.37. The number of fused-ring (bicyclic) bond motifs is 1. The lowest BCUT2D eigenvalue weighted by atomic mass is 10.1. The van der Waals surface area contributed by atoms with Crippen molar-refractivity contribution in [2.75, 3.05) is 21.3 Å². The number of phenols is 1. The Kier molecular flexibility index (Phi) is 4.84. The summed E-state index contributed by atoms with van der Waals surface area (Å²) in [5.41, 5.74) is 2.12. The van der Waals surface area contributed by atoms with Gasteiger partial charge in [0.2, 0.25) is 0 Å². The topological polar surface area (TPSA) is 78.1 Å². The van der Waals surface area contributed by atoms with E-state index >= 15 is 0 Å². The predicted octanol–water partition coefficient (Wildman–Crippen LogP) is 4.01. The molecule has 0 bridgehead atoms. The van der Waals surface area contributed by atoms with E-state index in [1.165, 1.54) is 20.3 Å². The molecule has 0 unspecified atom stereocenters. The van der Waals surface area contributed by atoms with E-state index < -0.39 is 5.97 Å². The Hall–Kier alpha value is -3.41. The smallest absolute Gasteiger partial charge is 0.330 e. The van der Waals surface area contributed by atoms with Crippen LogP contribution in [0.5, 0.6) is 17.2 Å². The molecule has 6 nitrogen and oxygen atoms in total. The molecule has 0 saturated heterocycles. The van der Waals surface area contributed by atoms with Crippen molar-refractivity contribution in [1.82, 2.24) is 0 Å².